The summed E-state index contributed by atoms with van der Waals surface area (Å²) in [5, 5.41) is 0.463. The normalized spacial score (nSPS) is 14.5. The number of hydrogen-bond acceptors (Lipinski definition) is 6. The topological polar surface area (TPSA) is 89.4 Å². The summed E-state index contributed by atoms with van der Waals surface area (Å²) in [7, 11) is -7.30. The van der Waals surface area contributed by atoms with Crippen LogP contribution in [0.3, 0.4) is 0 Å². The predicted octanol–water partition coefficient (Wildman–Crippen LogP) is 3.19. The van der Waals surface area contributed by atoms with E-state index in [-0.39, 0.29) is 15.3 Å². The summed E-state index contributed by atoms with van der Waals surface area (Å²) in [5.74, 6) is 0. The zero-order valence-corrected chi connectivity index (χ0v) is 14.9. The number of aromatic nitrogens is 2. The fourth-order valence-corrected chi connectivity index (χ4v) is 6.13. The van der Waals surface area contributed by atoms with Crippen molar-refractivity contribution in [1.82, 2.24) is 8.75 Å². The van der Waals surface area contributed by atoms with E-state index in [1.807, 2.05) is 0 Å². The highest BCUT2D eigenvalue weighted by Crippen LogP contribution is 2.25. The molecule has 1 unspecified atom stereocenters. The maximum absolute atomic E-state index is 12.7. The van der Waals surface area contributed by atoms with Crippen LogP contribution in [0.4, 0.5) is 0 Å². The van der Waals surface area contributed by atoms with Gasteiger partial charge in [0, 0.05) is 16.2 Å². The molecule has 0 spiro atoms. The minimum absolute atomic E-state index is 0.104. The lowest BCUT2D eigenvalue weighted by molar-refractivity contribution is 0.598. The molecule has 0 fully saturated rings. The van der Waals surface area contributed by atoms with Gasteiger partial charge in [0.2, 0.25) is 0 Å². The number of halogens is 1. The van der Waals surface area contributed by atoms with E-state index >= 15 is 0 Å². The summed E-state index contributed by atoms with van der Waals surface area (Å²) in [6.07, 6.45) is 1.27. The van der Waals surface area contributed by atoms with Crippen molar-refractivity contribution in [3.63, 3.8) is 0 Å². The van der Waals surface area contributed by atoms with Gasteiger partial charge >= 0.3 is 0 Å². The lowest BCUT2D eigenvalue weighted by Crippen LogP contribution is -2.05. The first-order valence-corrected chi connectivity index (χ1v) is 10.7. The maximum atomic E-state index is 12.7. The molecular formula is C13H10ClN3O3S3. The van der Waals surface area contributed by atoms with Crippen LogP contribution in [0.15, 0.2) is 56.0 Å². The molecule has 120 valence electrons. The highest BCUT2D eigenvalue weighted by Gasteiger charge is 2.21. The zero-order chi connectivity index (χ0) is 16.7. The molecule has 1 aromatic heterocycles. The number of rotatable bonds is 3. The first-order chi connectivity index (χ1) is 10.8. The highest BCUT2D eigenvalue weighted by atomic mass is 35.5. The van der Waals surface area contributed by atoms with E-state index in [9.17, 15) is 12.6 Å². The first kappa shape index (κ1) is 16.3. The molecule has 0 aliphatic carbocycles. The Hall–Kier alpha value is -1.55. The molecule has 23 heavy (non-hydrogen) atoms. The SMILES string of the molecule is CS(=O)(=NS(=O)(=O)c1cccc2nsnc12)c1ccc(Cl)cc1. The van der Waals surface area contributed by atoms with Crippen LogP contribution in [-0.2, 0) is 19.8 Å². The molecule has 10 heteroatoms. The standard InChI is InChI=1S/C13H10ClN3O3S3/c1-22(18,10-7-5-9(14)6-8-10)17-23(19,20)12-4-2-3-11-13(12)16-21-15-11/h2-8H,1H3. The summed E-state index contributed by atoms with van der Waals surface area (Å²) in [6, 6.07) is 10.6. The molecule has 0 bridgehead atoms. The van der Waals surface area contributed by atoms with Crippen molar-refractivity contribution < 1.29 is 12.6 Å². The van der Waals surface area contributed by atoms with Crippen molar-refractivity contribution in [3.8, 4) is 0 Å². The van der Waals surface area contributed by atoms with Gasteiger partial charge in [-0.1, -0.05) is 17.7 Å². The fraction of sp³-hybridized carbons (Fsp3) is 0.0769. The molecule has 3 aromatic rings. The molecule has 0 aliphatic heterocycles. The van der Waals surface area contributed by atoms with Crippen LogP contribution in [0.2, 0.25) is 5.02 Å². The van der Waals surface area contributed by atoms with E-state index < -0.39 is 19.8 Å². The van der Waals surface area contributed by atoms with Crippen LogP contribution in [0.25, 0.3) is 11.0 Å². The molecule has 1 heterocycles. The monoisotopic (exact) mass is 387 g/mol. The Morgan fingerprint density at radius 3 is 2.43 bits per heavy atom. The number of nitrogens with zero attached hydrogens (tertiary/aromatic N) is 3. The van der Waals surface area contributed by atoms with Gasteiger partial charge in [0.25, 0.3) is 10.0 Å². The van der Waals surface area contributed by atoms with E-state index in [1.165, 1.54) is 36.6 Å². The van der Waals surface area contributed by atoms with Crippen LogP contribution >= 0.6 is 23.3 Å². The van der Waals surface area contributed by atoms with Crippen molar-refractivity contribution in [2.45, 2.75) is 9.79 Å². The van der Waals surface area contributed by atoms with Crippen molar-refractivity contribution in [3.05, 3.63) is 47.5 Å². The quantitative estimate of drug-likeness (QED) is 0.688. The average molecular weight is 388 g/mol. The van der Waals surface area contributed by atoms with Gasteiger partial charge in [0.1, 0.15) is 15.9 Å². The molecule has 1 atom stereocenters. The zero-order valence-electron chi connectivity index (χ0n) is 11.7. The van der Waals surface area contributed by atoms with Crippen molar-refractivity contribution in [2.24, 2.45) is 3.77 Å². The lowest BCUT2D eigenvalue weighted by Gasteiger charge is -2.05. The molecular weight excluding hydrogens is 378 g/mol. The van der Waals surface area contributed by atoms with Crippen molar-refractivity contribution in [1.29, 1.82) is 0 Å². The largest absolute Gasteiger partial charge is 0.292 e. The highest BCUT2D eigenvalue weighted by molar-refractivity contribution is 8.03. The van der Waals surface area contributed by atoms with E-state index in [1.54, 1.807) is 12.1 Å². The van der Waals surface area contributed by atoms with Crippen molar-refractivity contribution >= 4 is 54.1 Å². The molecule has 3 rings (SSSR count). The van der Waals surface area contributed by atoms with Crippen LogP contribution < -0.4 is 0 Å². The van der Waals surface area contributed by atoms with Crippen LogP contribution in [-0.4, -0.2) is 27.6 Å². The van der Waals surface area contributed by atoms with Gasteiger partial charge in [-0.25, -0.2) is 4.21 Å². The van der Waals surface area contributed by atoms with Crippen LogP contribution in [0.5, 0.6) is 0 Å². The molecule has 0 amide bonds. The Balaban J connectivity index is 2.18. The summed E-state index contributed by atoms with van der Waals surface area (Å²) in [6.45, 7) is 0. The molecule has 0 saturated carbocycles. The lowest BCUT2D eigenvalue weighted by atomic mass is 10.3. The Morgan fingerprint density at radius 2 is 1.74 bits per heavy atom. The number of sulfonamides is 1. The second-order valence-corrected chi connectivity index (χ2v) is 9.72. The Kier molecular flexibility index (Phi) is 4.13. The Bertz CT molecular complexity index is 1100. The van der Waals surface area contributed by atoms with Gasteiger partial charge in [0.05, 0.1) is 21.5 Å². The van der Waals surface area contributed by atoms with Gasteiger partial charge in [-0.05, 0) is 36.4 Å². The number of fused-ring (bicyclic) bond motifs is 1. The third kappa shape index (κ3) is 3.23. The molecule has 2 aromatic carbocycles. The smallest absolute Gasteiger partial charge is 0.244 e. The van der Waals surface area contributed by atoms with Crippen LogP contribution in [0.1, 0.15) is 0 Å². The third-order valence-electron chi connectivity index (χ3n) is 3.02. The second-order valence-electron chi connectivity index (χ2n) is 4.69. The molecule has 0 aliphatic rings. The number of benzene rings is 2. The average Bonchev–Trinajstić information content (AvgIpc) is 2.94. The van der Waals surface area contributed by atoms with Crippen molar-refractivity contribution in [2.75, 3.05) is 6.26 Å². The van der Waals surface area contributed by atoms with Gasteiger partial charge in [0.15, 0.2) is 0 Å². The van der Waals surface area contributed by atoms with Gasteiger partial charge < -0.3 is 0 Å². The molecule has 0 radical (unpaired) electrons. The van der Waals surface area contributed by atoms with E-state index in [4.69, 9.17) is 11.6 Å². The van der Waals surface area contributed by atoms with Gasteiger partial charge in [-0.15, -0.1) is 3.77 Å². The molecule has 6 nitrogen and oxygen atoms in total. The van der Waals surface area contributed by atoms with Gasteiger partial charge in [-0.2, -0.15) is 17.2 Å². The molecule has 0 N–H and O–H groups in total. The van der Waals surface area contributed by atoms with Crippen LogP contribution in [0, 0.1) is 0 Å². The fourth-order valence-electron chi connectivity index (χ4n) is 1.95. The summed E-state index contributed by atoms with van der Waals surface area (Å²) in [4.78, 5) is 0.182. The Morgan fingerprint density at radius 1 is 1.04 bits per heavy atom. The summed E-state index contributed by atoms with van der Waals surface area (Å²) < 4.78 is 49.5. The second kappa shape index (κ2) is 5.82. The minimum Gasteiger partial charge on any atom is -0.244 e. The number of hydrogen-bond donors (Lipinski definition) is 0. The van der Waals surface area contributed by atoms with Gasteiger partial charge in [-0.3, -0.25) is 0 Å². The maximum Gasteiger partial charge on any atom is 0.292 e. The Labute approximate surface area is 142 Å². The predicted molar refractivity (Wildman–Crippen MR) is 90.8 cm³/mol. The van der Waals surface area contributed by atoms with E-state index in [2.05, 4.69) is 12.5 Å². The minimum atomic E-state index is -4.15. The first-order valence-electron chi connectivity index (χ1n) is 6.25. The summed E-state index contributed by atoms with van der Waals surface area (Å²) >= 11 is 6.69. The third-order valence-corrected chi connectivity index (χ3v) is 7.77. The van der Waals surface area contributed by atoms with E-state index in [0.717, 1.165) is 11.7 Å². The molecule has 0 saturated heterocycles. The summed E-state index contributed by atoms with van der Waals surface area (Å²) in [5.41, 5.74) is 0.688. The van der Waals surface area contributed by atoms with E-state index in [0.29, 0.717) is 10.5 Å².